The number of amides is 2. The van der Waals surface area contributed by atoms with Gasteiger partial charge < -0.3 is 14.8 Å². The minimum absolute atomic E-state index is 0.234. The summed E-state index contributed by atoms with van der Waals surface area (Å²) in [5, 5.41) is 7.61. The molecule has 7 nitrogen and oxygen atoms in total. The van der Waals surface area contributed by atoms with Gasteiger partial charge in [0.05, 0.1) is 19.0 Å². The predicted octanol–water partition coefficient (Wildman–Crippen LogP) is 5.82. The van der Waals surface area contributed by atoms with Crippen LogP contribution in [0.15, 0.2) is 70.2 Å². The van der Waals surface area contributed by atoms with E-state index in [1.165, 1.54) is 13.3 Å². The molecule has 0 atom stereocenters. The molecule has 0 heterocycles. The molecule has 0 aliphatic rings. The molecule has 0 saturated heterocycles. The Hall–Kier alpha value is -3.07. The van der Waals surface area contributed by atoms with Crippen molar-refractivity contribution < 1.29 is 19.1 Å². The molecule has 3 aromatic carbocycles. The average molecular weight is 565 g/mol. The van der Waals surface area contributed by atoms with Crippen LogP contribution in [0.1, 0.15) is 17.5 Å². The molecule has 10 heteroatoms. The second-order valence-electron chi connectivity index (χ2n) is 6.93. The Kier molecular flexibility index (Phi) is 9.33. The van der Waals surface area contributed by atoms with E-state index in [0.29, 0.717) is 32.8 Å². The molecule has 176 valence electrons. The van der Waals surface area contributed by atoms with Crippen molar-refractivity contribution in [2.75, 3.05) is 12.4 Å². The summed E-state index contributed by atoms with van der Waals surface area (Å²) in [6.45, 7) is 0.234. The van der Waals surface area contributed by atoms with E-state index in [2.05, 4.69) is 31.8 Å². The van der Waals surface area contributed by atoms with Crippen molar-refractivity contribution in [2.24, 2.45) is 5.10 Å². The third kappa shape index (κ3) is 7.48. The van der Waals surface area contributed by atoms with Crippen molar-refractivity contribution in [3.63, 3.8) is 0 Å². The van der Waals surface area contributed by atoms with Crippen molar-refractivity contribution >= 4 is 62.8 Å². The van der Waals surface area contributed by atoms with Crippen LogP contribution in [0.5, 0.6) is 11.5 Å². The van der Waals surface area contributed by atoms with E-state index in [9.17, 15) is 9.59 Å². The highest BCUT2D eigenvalue weighted by atomic mass is 79.9. The monoisotopic (exact) mass is 563 g/mol. The molecular weight excluding hydrogens is 545 g/mol. The topological polar surface area (TPSA) is 89.0 Å². The van der Waals surface area contributed by atoms with E-state index < -0.39 is 11.8 Å². The molecule has 0 bridgehead atoms. The average Bonchev–Trinajstić information content (AvgIpc) is 2.80. The molecule has 3 rings (SSSR count). The Morgan fingerprint density at radius 2 is 1.82 bits per heavy atom. The highest BCUT2D eigenvalue weighted by molar-refractivity contribution is 9.10. The van der Waals surface area contributed by atoms with Crippen LogP contribution in [0.3, 0.4) is 0 Å². The molecule has 2 N–H and O–H groups in total. The first kappa shape index (κ1) is 25.6. The first-order valence-corrected chi connectivity index (χ1v) is 11.5. The van der Waals surface area contributed by atoms with Crippen LogP contribution in [0.25, 0.3) is 0 Å². The lowest BCUT2D eigenvalue weighted by Gasteiger charge is -2.12. The number of carbonyl (C=O) groups is 2. The van der Waals surface area contributed by atoms with Gasteiger partial charge in [-0.25, -0.2) is 5.43 Å². The minimum Gasteiger partial charge on any atom is -0.493 e. The van der Waals surface area contributed by atoms with Gasteiger partial charge in [0.2, 0.25) is 11.8 Å². The summed E-state index contributed by atoms with van der Waals surface area (Å²) in [5.41, 5.74) is 4.35. The number of nitrogens with zero attached hydrogens (tertiary/aromatic N) is 1. The molecule has 0 aliphatic carbocycles. The third-order valence-electron chi connectivity index (χ3n) is 4.46. The standard InChI is InChI=1S/C24H20BrCl2N3O4/c1-33-22-10-15(6-9-21(22)34-14-16-7-8-17(26)11-19(16)27)13-28-30-24(32)12-23(31)29-20-5-3-2-4-18(20)25/h2-11,13H,12,14H2,1H3,(H,29,31)(H,30,32). The predicted molar refractivity (Wildman–Crippen MR) is 137 cm³/mol. The molecule has 0 fully saturated rings. The molecule has 34 heavy (non-hydrogen) atoms. The SMILES string of the molecule is COc1cc(C=NNC(=O)CC(=O)Nc2ccccc2Br)ccc1OCc1ccc(Cl)cc1Cl. The van der Waals surface area contributed by atoms with E-state index in [1.807, 2.05) is 6.07 Å². The highest BCUT2D eigenvalue weighted by Gasteiger charge is 2.11. The van der Waals surface area contributed by atoms with Gasteiger partial charge >= 0.3 is 0 Å². The first-order chi connectivity index (χ1) is 16.4. The largest absolute Gasteiger partial charge is 0.493 e. The van der Waals surface area contributed by atoms with Gasteiger partial charge in [0.25, 0.3) is 0 Å². The highest BCUT2D eigenvalue weighted by Crippen LogP contribution is 2.30. The fourth-order valence-electron chi connectivity index (χ4n) is 2.80. The van der Waals surface area contributed by atoms with Gasteiger partial charge in [0.15, 0.2) is 11.5 Å². The zero-order valence-electron chi connectivity index (χ0n) is 18.0. The number of benzene rings is 3. The molecule has 0 unspecified atom stereocenters. The van der Waals surface area contributed by atoms with Crippen LogP contribution in [0.4, 0.5) is 5.69 Å². The van der Waals surface area contributed by atoms with Crippen molar-refractivity contribution in [3.8, 4) is 11.5 Å². The van der Waals surface area contributed by atoms with Gasteiger partial charge in [-0.3, -0.25) is 9.59 Å². The number of hydrazone groups is 1. The Morgan fingerprint density at radius 3 is 2.56 bits per heavy atom. The van der Waals surface area contributed by atoms with Crippen LogP contribution < -0.4 is 20.2 Å². The smallest absolute Gasteiger partial charge is 0.249 e. The normalized spacial score (nSPS) is 10.7. The maximum Gasteiger partial charge on any atom is 0.249 e. The van der Waals surface area contributed by atoms with Gasteiger partial charge in [-0.1, -0.05) is 41.4 Å². The Labute approximate surface area is 215 Å². The Balaban J connectivity index is 1.53. The Morgan fingerprint density at radius 1 is 1.03 bits per heavy atom. The van der Waals surface area contributed by atoms with Gasteiger partial charge in [0.1, 0.15) is 13.0 Å². The third-order valence-corrected chi connectivity index (χ3v) is 5.74. The zero-order valence-corrected chi connectivity index (χ0v) is 21.1. The van der Waals surface area contributed by atoms with Crippen LogP contribution in [0.2, 0.25) is 10.0 Å². The molecule has 0 aliphatic heterocycles. The van der Waals surface area contributed by atoms with Crippen LogP contribution >= 0.6 is 39.1 Å². The van der Waals surface area contributed by atoms with Gasteiger partial charge in [0, 0.05) is 20.1 Å². The van der Waals surface area contributed by atoms with Crippen molar-refractivity contribution in [3.05, 3.63) is 86.3 Å². The summed E-state index contributed by atoms with van der Waals surface area (Å²) in [7, 11) is 1.52. The minimum atomic E-state index is -0.549. The number of rotatable bonds is 9. The molecule has 0 saturated carbocycles. The fourth-order valence-corrected chi connectivity index (χ4v) is 3.65. The molecule has 0 spiro atoms. The number of methoxy groups -OCH3 is 1. The lowest BCUT2D eigenvalue weighted by molar-refractivity contribution is -0.126. The molecule has 2 amide bonds. The number of halogens is 3. The van der Waals surface area contributed by atoms with Crippen molar-refractivity contribution in [1.82, 2.24) is 5.43 Å². The number of para-hydroxylation sites is 1. The summed E-state index contributed by atoms with van der Waals surface area (Å²) in [4.78, 5) is 24.0. The summed E-state index contributed by atoms with van der Waals surface area (Å²) >= 11 is 15.4. The van der Waals surface area contributed by atoms with Gasteiger partial charge in [-0.2, -0.15) is 5.10 Å². The van der Waals surface area contributed by atoms with E-state index in [-0.39, 0.29) is 13.0 Å². The summed E-state index contributed by atoms with van der Waals surface area (Å²) in [6, 6.07) is 17.5. The summed E-state index contributed by atoms with van der Waals surface area (Å²) in [6.07, 6.45) is 1.06. The van der Waals surface area contributed by atoms with E-state index >= 15 is 0 Å². The van der Waals surface area contributed by atoms with E-state index in [1.54, 1.807) is 54.6 Å². The number of hydrogen-bond acceptors (Lipinski definition) is 5. The summed E-state index contributed by atoms with van der Waals surface area (Å²) < 4.78 is 11.9. The number of carbonyl (C=O) groups excluding carboxylic acids is 2. The van der Waals surface area contributed by atoms with Gasteiger partial charge in [-0.05, 0) is 64.0 Å². The fraction of sp³-hybridized carbons (Fsp3) is 0.125. The lowest BCUT2D eigenvalue weighted by Crippen LogP contribution is -2.24. The maximum atomic E-state index is 12.0. The molecule has 0 radical (unpaired) electrons. The second kappa shape index (κ2) is 12.4. The number of hydrogen-bond donors (Lipinski definition) is 2. The first-order valence-electron chi connectivity index (χ1n) is 9.96. The molecule has 0 aromatic heterocycles. The van der Waals surface area contributed by atoms with Gasteiger partial charge in [-0.15, -0.1) is 0 Å². The van der Waals surface area contributed by atoms with Crippen LogP contribution in [-0.2, 0) is 16.2 Å². The Bertz CT molecular complexity index is 1220. The second-order valence-corrected chi connectivity index (χ2v) is 8.63. The quantitative estimate of drug-likeness (QED) is 0.195. The van der Waals surface area contributed by atoms with E-state index in [0.717, 1.165) is 10.0 Å². The maximum absolute atomic E-state index is 12.0. The number of nitrogens with one attached hydrogen (secondary N) is 2. The van der Waals surface area contributed by atoms with Crippen LogP contribution in [0, 0.1) is 0 Å². The molecule has 3 aromatic rings. The number of anilines is 1. The zero-order chi connectivity index (χ0) is 24.5. The molecular formula is C24H20BrCl2N3O4. The van der Waals surface area contributed by atoms with E-state index in [4.69, 9.17) is 32.7 Å². The van der Waals surface area contributed by atoms with Crippen LogP contribution in [-0.4, -0.2) is 25.1 Å². The summed E-state index contributed by atoms with van der Waals surface area (Å²) in [5.74, 6) is -0.0113. The van der Waals surface area contributed by atoms with Crippen molar-refractivity contribution in [1.29, 1.82) is 0 Å². The number of ether oxygens (including phenoxy) is 2. The lowest BCUT2D eigenvalue weighted by atomic mass is 10.2. The van der Waals surface area contributed by atoms with Crippen molar-refractivity contribution in [2.45, 2.75) is 13.0 Å².